The van der Waals surface area contributed by atoms with E-state index in [1.165, 1.54) is 116 Å². The summed E-state index contributed by atoms with van der Waals surface area (Å²) in [5, 5.41) is 0. The molecule has 156 valence electrons. The Hall–Kier alpha value is -0.0800. The molecule has 0 radical (unpaired) electrons. The zero-order chi connectivity index (χ0) is 19.1. The van der Waals surface area contributed by atoms with Gasteiger partial charge in [-0.2, -0.15) is 0 Å². The fourth-order valence-corrected chi connectivity index (χ4v) is 4.30. The topological polar surface area (TPSA) is 15.8 Å². The summed E-state index contributed by atoms with van der Waals surface area (Å²) in [7, 11) is 4.38. The molecule has 26 heavy (non-hydrogen) atoms. The molecule has 0 spiro atoms. The molecule has 0 N–H and O–H groups in total. The SMILES string of the molecule is CCCCCCCCCCCCCCCCC1(N(C)C)OC1CCCC. The zero-order valence-corrected chi connectivity index (χ0v) is 18.7. The molecule has 1 fully saturated rings. The van der Waals surface area contributed by atoms with E-state index in [2.05, 4.69) is 32.8 Å². The van der Waals surface area contributed by atoms with E-state index < -0.39 is 0 Å². The van der Waals surface area contributed by atoms with Crippen LogP contribution in [0.15, 0.2) is 0 Å². The number of hydrogen-bond donors (Lipinski definition) is 0. The highest BCUT2D eigenvalue weighted by molar-refractivity contribution is 4.99. The summed E-state index contributed by atoms with van der Waals surface area (Å²) in [6.45, 7) is 4.57. The predicted molar refractivity (Wildman–Crippen MR) is 116 cm³/mol. The van der Waals surface area contributed by atoms with Crippen LogP contribution in [0, 0.1) is 0 Å². The molecule has 0 aromatic rings. The Morgan fingerprint density at radius 3 is 1.46 bits per heavy atom. The molecule has 1 saturated heterocycles. The molecule has 2 nitrogen and oxygen atoms in total. The molecule has 0 aliphatic carbocycles. The summed E-state index contributed by atoms with van der Waals surface area (Å²) in [6, 6.07) is 0. The van der Waals surface area contributed by atoms with Crippen molar-refractivity contribution in [1.29, 1.82) is 0 Å². The molecule has 2 unspecified atom stereocenters. The minimum atomic E-state index is 0.0896. The van der Waals surface area contributed by atoms with Crippen molar-refractivity contribution in [3.8, 4) is 0 Å². The lowest BCUT2D eigenvalue weighted by atomic mass is 9.99. The molecular weight excluding hydrogens is 318 g/mol. The van der Waals surface area contributed by atoms with Gasteiger partial charge in [-0.25, -0.2) is 0 Å². The average molecular weight is 368 g/mol. The van der Waals surface area contributed by atoms with Crippen molar-refractivity contribution in [1.82, 2.24) is 4.90 Å². The summed E-state index contributed by atoms with van der Waals surface area (Å²) in [6.07, 6.45) is 25.6. The van der Waals surface area contributed by atoms with Crippen LogP contribution in [0.25, 0.3) is 0 Å². The number of ether oxygens (including phenoxy) is 1. The molecule has 0 amide bonds. The molecule has 1 heterocycles. The van der Waals surface area contributed by atoms with Crippen molar-refractivity contribution in [3.05, 3.63) is 0 Å². The van der Waals surface area contributed by atoms with E-state index in [1.54, 1.807) is 0 Å². The first kappa shape index (κ1) is 24.0. The Morgan fingerprint density at radius 1 is 0.615 bits per heavy atom. The van der Waals surface area contributed by atoms with E-state index in [-0.39, 0.29) is 5.72 Å². The van der Waals surface area contributed by atoms with Gasteiger partial charge >= 0.3 is 0 Å². The van der Waals surface area contributed by atoms with Crippen LogP contribution < -0.4 is 0 Å². The number of epoxide rings is 1. The van der Waals surface area contributed by atoms with Crippen molar-refractivity contribution in [2.45, 2.75) is 141 Å². The fraction of sp³-hybridized carbons (Fsp3) is 1.00. The standard InChI is InChI=1S/C24H49NO/c1-5-7-9-10-11-12-13-14-15-16-17-18-19-20-22-24(25(3)4)23(26-24)21-8-6-2/h23H,5-22H2,1-4H3. The molecule has 0 aromatic heterocycles. The second kappa shape index (κ2) is 14.9. The average Bonchev–Trinajstić information content (AvgIpc) is 3.35. The van der Waals surface area contributed by atoms with Crippen molar-refractivity contribution < 1.29 is 4.74 Å². The first-order chi connectivity index (χ1) is 12.7. The summed E-state index contributed by atoms with van der Waals surface area (Å²) in [4.78, 5) is 2.33. The third-order valence-electron chi connectivity index (χ3n) is 6.26. The van der Waals surface area contributed by atoms with Gasteiger partial charge in [0.15, 0.2) is 0 Å². The maximum Gasteiger partial charge on any atom is 0.148 e. The van der Waals surface area contributed by atoms with Crippen LogP contribution in [0.2, 0.25) is 0 Å². The number of likely N-dealkylation sites (N-methyl/N-ethyl adjacent to an activating group) is 1. The lowest BCUT2D eigenvalue weighted by Gasteiger charge is -2.21. The minimum absolute atomic E-state index is 0.0896. The van der Waals surface area contributed by atoms with Gasteiger partial charge < -0.3 is 4.74 Å². The Labute approximate surface area is 165 Å². The predicted octanol–water partition coefficient (Wildman–Crippen LogP) is 7.70. The van der Waals surface area contributed by atoms with E-state index >= 15 is 0 Å². The maximum atomic E-state index is 6.11. The van der Waals surface area contributed by atoms with E-state index in [0.717, 1.165) is 0 Å². The third kappa shape index (κ3) is 9.74. The zero-order valence-electron chi connectivity index (χ0n) is 18.7. The smallest absolute Gasteiger partial charge is 0.148 e. The van der Waals surface area contributed by atoms with Crippen molar-refractivity contribution in [2.24, 2.45) is 0 Å². The van der Waals surface area contributed by atoms with Gasteiger partial charge in [-0.05, 0) is 33.4 Å². The van der Waals surface area contributed by atoms with Crippen LogP contribution in [0.1, 0.15) is 129 Å². The first-order valence-electron chi connectivity index (χ1n) is 12.0. The van der Waals surface area contributed by atoms with E-state index in [4.69, 9.17) is 4.74 Å². The van der Waals surface area contributed by atoms with Crippen LogP contribution in [0.4, 0.5) is 0 Å². The molecule has 1 aliphatic heterocycles. The lowest BCUT2D eigenvalue weighted by molar-refractivity contribution is 0.118. The highest BCUT2D eigenvalue weighted by atomic mass is 16.6. The molecule has 2 heteroatoms. The molecule has 0 saturated carbocycles. The summed E-state index contributed by atoms with van der Waals surface area (Å²) < 4.78 is 6.11. The van der Waals surface area contributed by atoms with Crippen LogP contribution >= 0.6 is 0 Å². The molecule has 0 bridgehead atoms. The van der Waals surface area contributed by atoms with E-state index in [9.17, 15) is 0 Å². The van der Waals surface area contributed by atoms with Gasteiger partial charge in [-0.15, -0.1) is 0 Å². The van der Waals surface area contributed by atoms with E-state index in [1.807, 2.05) is 0 Å². The van der Waals surface area contributed by atoms with Gasteiger partial charge in [0.2, 0.25) is 0 Å². The largest absolute Gasteiger partial charge is 0.350 e. The second-order valence-corrected chi connectivity index (χ2v) is 8.83. The van der Waals surface area contributed by atoms with Gasteiger partial charge in [0.05, 0.1) is 0 Å². The maximum absolute atomic E-state index is 6.11. The minimum Gasteiger partial charge on any atom is -0.350 e. The molecule has 0 aromatic carbocycles. The lowest BCUT2D eigenvalue weighted by Crippen LogP contribution is -2.34. The highest BCUT2D eigenvalue weighted by Crippen LogP contribution is 2.45. The van der Waals surface area contributed by atoms with Gasteiger partial charge in [-0.3, -0.25) is 4.90 Å². The van der Waals surface area contributed by atoms with Gasteiger partial charge in [0.25, 0.3) is 0 Å². The molecule has 2 atom stereocenters. The van der Waals surface area contributed by atoms with Crippen molar-refractivity contribution in [2.75, 3.05) is 14.1 Å². The summed E-state index contributed by atoms with van der Waals surface area (Å²) in [5.74, 6) is 0. The summed E-state index contributed by atoms with van der Waals surface area (Å²) in [5.41, 5.74) is 0.0896. The van der Waals surface area contributed by atoms with E-state index in [0.29, 0.717) is 6.10 Å². The Balaban J connectivity index is 1.87. The number of unbranched alkanes of at least 4 members (excludes halogenated alkanes) is 14. The van der Waals surface area contributed by atoms with Crippen LogP contribution in [0.3, 0.4) is 0 Å². The first-order valence-corrected chi connectivity index (χ1v) is 12.0. The van der Waals surface area contributed by atoms with Crippen LogP contribution in [-0.2, 0) is 4.74 Å². The van der Waals surface area contributed by atoms with Crippen molar-refractivity contribution in [3.63, 3.8) is 0 Å². The number of hydrogen-bond acceptors (Lipinski definition) is 2. The Bertz CT molecular complexity index is 317. The number of nitrogens with zero attached hydrogens (tertiary/aromatic N) is 1. The fourth-order valence-electron chi connectivity index (χ4n) is 4.30. The normalized spacial score (nSPS) is 22.3. The Morgan fingerprint density at radius 2 is 1.04 bits per heavy atom. The Kier molecular flexibility index (Phi) is 13.7. The van der Waals surface area contributed by atoms with Gasteiger partial charge in [0.1, 0.15) is 11.8 Å². The monoisotopic (exact) mass is 367 g/mol. The summed E-state index contributed by atoms with van der Waals surface area (Å²) >= 11 is 0. The third-order valence-corrected chi connectivity index (χ3v) is 6.26. The van der Waals surface area contributed by atoms with Gasteiger partial charge in [0, 0.05) is 0 Å². The molecule has 1 rings (SSSR count). The van der Waals surface area contributed by atoms with Crippen molar-refractivity contribution >= 4 is 0 Å². The quantitative estimate of drug-likeness (QED) is 0.172. The highest BCUT2D eigenvalue weighted by Gasteiger charge is 2.56. The van der Waals surface area contributed by atoms with Crippen LogP contribution in [-0.4, -0.2) is 30.8 Å². The molecular formula is C24H49NO. The number of rotatable bonds is 19. The van der Waals surface area contributed by atoms with Gasteiger partial charge in [-0.1, -0.05) is 110 Å². The molecule has 1 aliphatic rings. The van der Waals surface area contributed by atoms with Crippen LogP contribution in [0.5, 0.6) is 0 Å². The second-order valence-electron chi connectivity index (χ2n) is 8.83.